The van der Waals surface area contributed by atoms with Gasteiger partial charge in [-0.2, -0.15) is 0 Å². The SMILES string of the molecule is CC(C)C[C@H](CO)N1C(=O)[C@@H]2[C@H]3C(=O)N[C@@H](c4ccccc4)COC(=O)CC/C=C\CN(c4ccc5ccccc5c4)C(=O)[C@@H]1[C@]21C=C[C@H]3O1. The molecule has 0 unspecified atom stereocenters. The van der Waals surface area contributed by atoms with Gasteiger partial charge in [0.05, 0.1) is 36.6 Å². The maximum absolute atomic E-state index is 15.2. The first-order valence-corrected chi connectivity index (χ1v) is 17.5. The second kappa shape index (κ2) is 13.8. The Morgan fingerprint density at radius 2 is 1.70 bits per heavy atom. The van der Waals surface area contributed by atoms with Crippen molar-refractivity contribution in [2.24, 2.45) is 17.8 Å². The molecule has 4 aliphatic heterocycles. The van der Waals surface area contributed by atoms with Gasteiger partial charge in [0.2, 0.25) is 11.8 Å². The third kappa shape index (κ3) is 6.00. The highest BCUT2D eigenvalue weighted by Gasteiger charge is 2.73. The second-order valence-electron chi connectivity index (χ2n) is 14.1. The number of hydrogen-bond donors (Lipinski definition) is 2. The maximum Gasteiger partial charge on any atom is 0.306 e. The Kier molecular flexibility index (Phi) is 9.32. The number of aliphatic hydroxyl groups excluding tert-OH is 1. The zero-order valence-corrected chi connectivity index (χ0v) is 28.3. The topological polar surface area (TPSA) is 125 Å². The molecule has 3 aromatic rings. The van der Waals surface area contributed by atoms with E-state index >= 15 is 4.79 Å². The normalized spacial score (nSPS) is 29.7. The number of anilines is 1. The molecule has 50 heavy (non-hydrogen) atoms. The Morgan fingerprint density at radius 1 is 0.940 bits per heavy atom. The van der Waals surface area contributed by atoms with Gasteiger partial charge in [0.25, 0.3) is 5.91 Å². The molecule has 3 aromatic carbocycles. The summed E-state index contributed by atoms with van der Waals surface area (Å²) in [7, 11) is 0. The lowest BCUT2D eigenvalue weighted by molar-refractivity contribution is -0.146. The fourth-order valence-corrected chi connectivity index (χ4v) is 8.14. The molecule has 4 aliphatic rings. The van der Waals surface area contributed by atoms with Gasteiger partial charge in [0, 0.05) is 18.7 Å². The van der Waals surface area contributed by atoms with Crippen molar-refractivity contribution in [1.82, 2.24) is 10.2 Å². The molecule has 3 amide bonds. The van der Waals surface area contributed by atoms with E-state index in [-0.39, 0.29) is 38.0 Å². The van der Waals surface area contributed by atoms with E-state index in [2.05, 4.69) is 5.32 Å². The van der Waals surface area contributed by atoms with E-state index in [0.29, 0.717) is 18.5 Å². The molecule has 2 saturated heterocycles. The summed E-state index contributed by atoms with van der Waals surface area (Å²) in [4.78, 5) is 60.3. The minimum Gasteiger partial charge on any atom is -0.463 e. The van der Waals surface area contributed by atoms with Crippen molar-refractivity contribution >= 4 is 40.2 Å². The summed E-state index contributed by atoms with van der Waals surface area (Å²) >= 11 is 0. The lowest BCUT2D eigenvalue weighted by atomic mass is 9.74. The van der Waals surface area contributed by atoms with Crippen LogP contribution >= 0.6 is 0 Å². The van der Waals surface area contributed by atoms with Gasteiger partial charge in [-0.15, -0.1) is 0 Å². The van der Waals surface area contributed by atoms with Crippen LogP contribution < -0.4 is 10.2 Å². The Hall–Kier alpha value is -4.80. The Morgan fingerprint density at radius 3 is 2.46 bits per heavy atom. The zero-order valence-electron chi connectivity index (χ0n) is 28.3. The van der Waals surface area contributed by atoms with E-state index in [0.717, 1.165) is 16.3 Å². The number of amides is 3. The number of carbonyl (C=O) groups excluding carboxylic acids is 4. The van der Waals surface area contributed by atoms with E-state index in [1.807, 2.05) is 98.8 Å². The number of esters is 1. The van der Waals surface area contributed by atoms with Crippen LogP contribution in [0.4, 0.5) is 5.69 Å². The summed E-state index contributed by atoms with van der Waals surface area (Å²) in [5.74, 6) is -3.45. The Labute approximate surface area is 291 Å². The summed E-state index contributed by atoms with van der Waals surface area (Å²) in [6, 6.07) is 20.4. The van der Waals surface area contributed by atoms with Crippen LogP contribution in [0.15, 0.2) is 97.1 Å². The number of benzene rings is 3. The van der Waals surface area contributed by atoms with Crippen molar-refractivity contribution in [2.75, 3.05) is 24.7 Å². The number of nitrogens with one attached hydrogen (secondary N) is 1. The van der Waals surface area contributed by atoms with Gasteiger partial charge in [-0.05, 0) is 47.2 Å². The molecule has 1 spiro atoms. The number of ether oxygens (including phenoxy) is 2. The maximum atomic E-state index is 15.2. The minimum atomic E-state index is -1.42. The standard InChI is InChI=1S/C40H43N3O7/c1-25(2)21-30(23-44)43-36-39(48)42(29-17-16-26-11-8-9-14-28(26)22-29)20-10-4-7-15-33(45)49-24-31(27-12-5-3-6-13-27)41-37(46)34-32-18-19-40(36,50-32)35(34)38(43)47/h3-6,8-14,16-19,22,25,30-32,34-36,44H,7,15,20-21,23-24H2,1-2H3,(H,41,46)/b10-4-/t30-,31-,32-,34+,35+,36-,40+/m1/s1. The van der Waals surface area contributed by atoms with Gasteiger partial charge in [0.1, 0.15) is 18.2 Å². The third-order valence-corrected chi connectivity index (χ3v) is 10.4. The highest BCUT2D eigenvalue weighted by molar-refractivity contribution is 6.06. The molecule has 0 saturated carbocycles. The summed E-state index contributed by atoms with van der Waals surface area (Å²) in [6.45, 7) is 3.73. The van der Waals surface area contributed by atoms with Crippen LogP contribution in [-0.4, -0.2) is 77.2 Å². The van der Waals surface area contributed by atoms with Crippen LogP contribution in [0.5, 0.6) is 0 Å². The van der Waals surface area contributed by atoms with Crippen LogP contribution in [-0.2, 0) is 28.7 Å². The molecule has 260 valence electrons. The van der Waals surface area contributed by atoms with Crippen LogP contribution in [0.3, 0.4) is 0 Å². The van der Waals surface area contributed by atoms with Gasteiger partial charge < -0.3 is 29.7 Å². The van der Waals surface area contributed by atoms with Crippen molar-refractivity contribution in [3.8, 4) is 0 Å². The minimum absolute atomic E-state index is 0.0832. The second-order valence-corrected chi connectivity index (χ2v) is 14.1. The monoisotopic (exact) mass is 677 g/mol. The average Bonchev–Trinajstić information content (AvgIpc) is 3.77. The first-order chi connectivity index (χ1) is 24.2. The number of rotatable bonds is 6. The van der Waals surface area contributed by atoms with E-state index in [9.17, 15) is 19.5 Å². The number of fused-ring (bicyclic) bond motifs is 3. The number of cyclic esters (lactones) is 1. The van der Waals surface area contributed by atoms with Gasteiger partial charge in [-0.1, -0.05) is 98.8 Å². The number of nitrogens with zero attached hydrogens (tertiary/aromatic N) is 2. The van der Waals surface area contributed by atoms with E-state index in [1.54, 1.807) is 17.1 Å². The molecule has 2 N–H and O–H groups in total. The van der Waals surface area contributed by atoms with Crippen LogP contribution in [0.1, 0.15) is 44.7 Å². The number of hydrogen-bond acceptors (Lipinski definition) is 7. The highest BCUT2D eigenvalue weighted by Crippen LogP contribution is 2.56. The molecular weight excluding hydrogens is 634 g/mol. The van der Waals surface area contributed by atoms with Gasteiger partial charge >= 0.3 is 5.97 Å². The number of allylic oxidation sites excluding steroid dienone is 1. The van der Waals surface area contributed by atoms with Crippen LogP contribution in [0, 0.1) is 17.8 Å². The molecule has 10 heteroatoms. The summed E-state index contributed by atoms with van der Waals surface area (Å²) in [6.07, 6.45) is 7.48. The smallest absolute Gasteiger partial charge is 0.306 e. The third-order valence-electron chi connectivity index (χ3n) is 10.4. The number of aliphatic hydroxyl groups is 1. The largest absolute Gasteiger partial charge is 0.463 e. The predicted molar refractivity (Wildman–Crippen MR) is 188 cm³/mol. The molecule has 7 rings (SSSR count). The molecule has 10 nitrogen and oxygen atoms in total. The Balaban J connectivity index is 1.34. The lowest BCUT2D eigenvalue weighted by Gasteiger charge is -2.39. The molecule has 5 bridgehead atoms. The van der Waals surface area contributed by atoms with Gasteiger partial charge in [-0.25, -0.2) is 0 Å². The lowest BCUT2D eigenvalue weighted by Crippen LogP contribution is -2.59. The highest BCUT2D eigenvalue weighted by atomic mass is 16.5. The summed E-state index contributed by atoms with van der Waals surface area (Å²) in [5.41, 5.74) is -0.0485. The van der Waals surface area contributed by atoms with E-state index in [1.165, 1.54) is 4.90 Å². The molecule has 7 atom stereocenters. The fourth-order valence-electron chi connectivity index (χ4n) is 8.14. The van der Waals surface area contributed by atoms with Crippen LogP contribution in [0.2, 0.25) is 0 Å². The van der Waals surface area contributed by atoms with E-state index in [4.69, 9.17) is 9.47 Å². The van der Waals surface area contributed by atoms with Crippen molar-refractivity contribution in [3.05, 3.63) is 103 Å². The quantitative estimate of drug-likeness (QED) is 0.291. The first kappa shape index (κ1) is 33.7. The van der Waals surface area contributed by atoms with Crippen molar-refractivity contribution in [1.29, 1.82) is 0 Å². The van der Waals surface area contributed by atoms with Crippen molar-refractivity contribution in [3.63, 3.8) is 0 Å². The van der Waals surface area contributed by atoms with Crippen LogP contribution in [0.25, 0.3) is 10.8 Å². The molecule has 0 aromatic heterocycles. The van der Waals surface area contributed by atoms with E-state index < -0.39 is 59.5 Å². The summed E-state index contributed by atoms with van der Waals surface area (Å²) in [5, 5.41) is 15.7. The molecule has 0 aliphatic carbocycles. The first-order valence-electron chi connectivity index (χ1n) is 17.5. The van der Waals surface area contributed by atoms with Crippen molar-refractivity contribution in [2.45, 2.75) is 62.9 Å². The molecule has 2 fully saturated rings. The molecule has 0 radical (unpaired) electrons. The average molecular weight is 678 g/mol. The molecule has 4 heterocycles. The van der Waals surface area contributed by atoms with Crippen molar-refractivity contribution < 1.29 is 33.8 Å². The molecular formula is C40H43N3O7. The number of carbonyl (C=O) groups is 4. The van der Waals surface area contributed by atoms with Gasteiger partial charge in [-0.3, -0.25) is 19.2 Å². The zero-order chi connectivity index (χ0) is 35.0. The summed E-state index contributed by atoms with van der Waals surface area (Å²) < 4.78 is 12.3. The predicted octanol–water partition coefficient (Wildman–Crippen LogP) is 4.48. The van der Waals surface area contributed by atoms with Gasteiger partial charge in [0.15, 0.2) is 0 Å². The fraction of sp³-hybridized carbons (Fsp3) is 0.400. The Bertz CT molecular complexity index is 1840. The number of likely N-dealkylation sites (tertiary alicyclic amines) is 1.